The highest BCUT2D eigenvalue weighted by Gasteiger charge is 2.17. The molecule has 1 aromatic heterocycles. The lowest BCUT2D eigenvalue weighted by molar-refractivity contribution is -0.612. The fourth-order valence-corrected chi connectivity index (χ4v) is 2.98. The highest BCUT2D eigenvalue weighted by Crippen LogP contribution is 2.21. The molecule has 122 valence electrons. The number of hydrogen-bond donors (Lipinski definition) is 1. The van der Waals surface area contributed by atoms with Crippen LogP contribution in [0.2, 0.25) is 0 Å². The first-order valence-corrected chi connectivity index (χ1v) is 8.04. The van der Waals surface area contributed by atoms with Crippen molar-refractivity contribution in [3.8, 4) is 5.75 Å². The molecular formula is C21H17N2O2+. The third-order valence-corrected chi connectivity index (χ3v) is 4.26. The summed E-state index contributed by atoms with van der Waals surface area (Å²) in [5.74, 6) is 0.549. The van der Waals surface area contributed by atoms with Gasteiger partial charge >= 0.3 is 5.91 Å². The molecule has 4 aromatic rings. The lowest BCUT2D eigenvalue weighted by Crippen LogP contribution is -2.48. The van der Waals surface area contributed by atoms with E-state index in [0.717, 1.165) is 27.4 Å². The van der Waals surface area contributed by atoms with E-state index in [1.165, 1.54) is 0 Å². The van der Waals surface area contributed by atoms with Gasteiger partial charge in [0.05, 0.1) is 12.5 Å². The predicted octanol–water partition coefficient (Wildman–Crippen LogP) is 3.67. The number of methoxy groups -OCH3 is 1. The van der Waals surface area contributed by atoms with E-state index in [1.54, 1.807) is 36.1 Å². The number of nitrogens with zero attached hydrogens (tertiary/aromatic N) is 1. The number of amides is 1. The normalized spacial score (nSPS) is 10.8. The summed E-state index contributed by atoms with van der Waals surface area (Å²) >= 11 is 0. The lowest BCUT2D eigenvalue weighted by Gasteiger charge is -2.06. The Morgan fingerprint density at radius 3 is 2.32 bits per heavy atom. The number of nitrogens with one attached hydrogen (secondary N) is 1. The Labute approximate surface area is 145 Å². The van der Waals surface area contributed by atoms with Crippen LogP contribution in [0.4, 0.5) is 0 Å². The summed E-state index contributed by atoms with van der Waals surface area (Å²) in [7, 11) is 1.60. The second-order valence-corrected chi connectivity index (χ2v) is 5.77. The summed E-state index contributed by atoms with van der Waals surface area (Å²) in [4.78, 5) is 12.6. The molecular weight excluding hydrogens is 312 g/mol. The smallest absolute Gasteiger partial charge is 0.305 e. The van der Waals surface area contributed by atoms with Crippen LogP contribution in [0.25, 0.3) is 21.7 Å². The zero-order valence-corrected chi connectivity index (χ0v) is 13.8. The highest BCUT2D eigenvalue weighted by atomic mass is 16.5. The molecule has 1 heterocycles. The van der Waals surface area contributed by atoms with Gasteiger partial charge in [-0.05, 0) is 36.4 Å². The molecule has 0 bridgehead atoms. The molecule has 0 aliphatic carbocycles. The summed E-state index contributed by atoms with van der Waals surface area (Å²) in [6.45, 7) is 0. The summed E-state index contributed by atoms with van der Waals surface area (Å²) in [5.41, 5.74) is 4.49. The molecule has 0 saturated heterocycles. The van der Waals surface area contributed by atoms with E-state index in [9.17, 15) is 4.79 Å². The second kappa shape index (κ2) is 6.24. The van der Waals surface area contributed by atoms with Crippen LogP contribution in [-0.4, -0.2) is 13.0 Å². The van der Waals surface area contributed by atoms with Gasteiger partial charge in [0.25, 0.3) is 0 Å². The summed E-state index contributed by atoms with van der Waals surface area (Å²) in [6, 6.07) is 23.2. The molecule has 1 amide bonds. The van der Waals surface area contributed by atoms with Crippen molar-refractivity contribution >= 4 is 27.6 Å². The quantitative estimate of drug-likeness (QED) is 0.460. The van der Waals surface area contributed by atoms with Gasteiger partial charge in [-0.3, -0.25) is 4.79 Å². The van der Waals surface area contributed by atoms with Gasteiger partial charge in [-0.1, -0.05) is 35.0 Å². The van der Waals surface area contributed by atoms with Crippen molar-refractivity contribution in [2.24, 2.45) is 0 Å². The van der Waals surface area contributed by atoms with Gasteiger partial charge in [0.15, 0.2) is 0 Å². The van der Waals surface area contributed by atoms with Gasteiger partial charge in [0.1, 0.15) is 5.75 Å². The average molecular weight is 329 g/mol. The van der Waals surface area contributed by atoms with Crippen molar-refractivity contribution in [1.82, 2.24) is 0 Å². The van der Waals surface area contributed by atoms with Gasteiger partial charge in [-0.15, -0.1) is 5.43 Å². The summed E-state index contributed by atoms with van der Waals surface area (Å²) < 4.78 is 6.92. The van der Waals surface area contributed by atoms with Crippen molar-refractivity contribution < 1.29 is 14.2 Å². The van der Waals surface area contributed by atoms with Crippen molar-refractivity contribution in [3.05, 3.63) is 84.6 Å². The molecule has 0 radical (unpaired) electrons. The van der Waals surface area contributed by atoms with Crippen LogP contribution in [0.5, 0.6) is 5.75 Å². The number of hydrogen-bond acceptors (Lipinski definition) is 2. The number of fused-ring (bicyclic) bond motifs is 3. The van der Waals surface area contributed by atoms with Gasteiger partial charge < -0.3 is 4.74 Å². The first-order chi connectivity index (χ1) is 12.3. The molecule has 0 unspecified atom stereocenters. The van der Waals surface area contributed by atoms with Crippen LogP contribution in [0.3, 0.4) is 0 Å². The number of carbonyl (C=O) groups is 1. The van der Waals surface area contributed by atoms with E-state index in [2.05, 4.69) is 17.6 Å². The molecule has 0 aliphatic rings. The standard InChI is InChI=1S/C21H16N2O2/c1-25-17-12-10-15(11-13-17)21(24)22-23-14-16-6-2-3-7-18(16)19-8-4-5-9-20(19)23/h2-14H,1H3/p+1. The average Bonchev–Trinajstić information content (AvgIpc) is 2.68. The molecule has 0 saturated carbocycles. The molecule has 0 atom stereocenters. The Hall–Kier alpha value is -3.40. The maximum absolute atomic E-state index is 12.6. The van der Waals surface area contributed by atoms with E-state index >= 15 is 0 Å². The first kappa shape index (κ1) is 15.1. The van der Waals surface area contributed by atoms with Gasteiger partial charge in [-0.2, -0.15) is 0 Å². The fraction of sp³-hybridized carbons (Fsp3) is 0.0476. The van der Waals surface area contributed by atoms with Crippen LogP contribution < -0.4 is 14.8 Å². The van der Waals surface area contributed by atoms with Crippen LogP contribution in [0, 0.1) is 0 Å². The number of benzene rings is 3. The maximum atomic E-state index is 12.6. The molecule has 0 spiro atoms. The Kier molecular flexibility index (Phi) is 3.78. The van der Waals surface area contributed by atoms with Crippen molar-refractivity contribution in [1.29, 1.82) is 0 Å². The third kappa shape index (κ3) is 2.78. The molecule has 0 aliphatic heterocycles. The first-order valence-electron chi connectivity index (χ1n) is 8.04. The van der Waals surface area contributed by atoms with Gasteiger partial charge in [0, 0.05) is 22.4 Å². The lowest BCUT2D eigenvalue weighted by atomic mass is 10.1. The Morgan fingerprint density at radius 2 is 1.56 bits per heavy atom. The predicted molar refractivity (Wildman–Crippen MR) is 98.3 cm³/mol. The minimum absolute atomic E-state index is 0.173. The van der Waals surface area contributed by atoms with E-state index in [-0.39, 0.29) is 5.91 Å². The summed E-state index contributed by atoms with van der Waals surface area (Å²) in [5, 5.41) is 3.32. The number of ether oxygens (including phenoxy) is 1. The number of pyridine rings is 1. The van der Waals surface area contributed by atoms with E-state index in [1.807, 2.05) is 42.6 Å². The maximum Gasteiger partial charge on any atom is 0.305 e. The largest absolute Gasteiger partial charge is 0.497 e. The van der Waals surface area contributed by atoms with Crippen molar-refractivity contribution in [2.75, 3.05) is 12.5 Å². The van der Waals surface area contributed by atoms with Crippen LogP contribution in [-0.2, 0) is 0 Å². The van der Waals surface area contributed by atoms with Crippen molar-refractivity contribution in [2.45, 2.75) is 0 Å². The van der Waals surface area contributed by atoms with Crippen LogP contribution >= 0.6 is 0 Å². The van der Waals surface area contributed by atoms with E-state index in [0.29, 0.717) is 5.56 Å². The van der Waals surface area contributed by atoms with Gasteiger partial charge in [-0.25, -0.2) is 0 Å². The molecule has 3 aromatic carbocycles. The highest BCUT2D eigenvalue weighted by molar-refractivity contribution is 6.04. The van der Waals surface area contributed by atoms with Crippen LogP contribution in [0.1, 0.15) is 10.4 Å². The zero-order chi connectivity index (χ0) is 17.2. The number of aromatic nitrogens is 1. The number of rotatable bonds is 3. The van der Waals surface area contributed by atoms with E-state index in [4.69, 9.17) is 4.74 Å². The molecule has 0 fully saturated rings. The number of carbonyl (C=O) groups excluding carboxylic acids is 1. The molecule has 25 heavy (non-hydrogen) atoms. The minimum atomic E-state index is -0.173. The Bertz CT molecular complexity index is 1070. The fourth-order valence-electron chi connectivity index (χ4n) is 2.98. The molecule has 1 N–H and O–H groups in total. The minimum Gasteiger partial charge on any atom is -0.497 e. The topological polar surface area (TPSA) is 42.2 Å². The second-order valence-electron chi connectivity index (χ2n) is 5.77. The zero-order valence-electron chi connectivity index (χ0n) is 13.8. The Balaban J connectivity index is 1.78. The van der Waals surface area contributed by atoms with Crippen LogP contribution in [0.15, 0.2) is 79.0 Å². The Morgan fingerprint density at radius 1 is 0.880 bits per heavy atom. The van der Waals surface area contributed by atoms with E-state index < -0.39 is 0 Å². The summed E-state index contributed by atoms with van der Waals surface area (Å²) in [6.07, 6.45) is 1.94. The van der Waals surface area contributed by atoms with Gasteiger partial charge in [0.2, 0.25) is 11.7 Å². The molecule has 4 heteroatoms. The monoisotopic (exact) mass is 329 g/mol. The third-order valence-electron chi connectivity index (χ3n) is 4.26. The number of para-hydroxylation sites is 1. The SMILES string of the molecule is COc1ccc(C(=O)N[n+]2cc3ccccc3c3ccccc32)cc1. The van der Waals surface area contributed by atoms with Crippen molar-refractivity contribution in [3.63, 3.8) is 0 Å². The molecule has 4 rings (SSSR count). The molecule has 4 nitrogen and oxygen atoms in total.